The first-order chi connectivity index (χ1) is 14.6. The molecule has 0 aliphatic carbocycles. The molecular weight excluding hydrogens is 499 g/mol. The fraction of sp³-hybridized carbons (Fsp3) is 0.417. The van der Waals surface area contributed by atoms with E-state index in [1.807, 2.05) is 6.20 Å². The molecule has 4 rings (SSSR count). The Labute approximate surface area is 202 Å². The Morgan fingerprint density at radius 1 is 1.19 bits per heavy atom. The van der Waals surface area contributed by atoms with Crippen LogP contribution in [0.5, 0.6) is 0 Å². The molecule has 1 aromatic carbocycles. The lowest BCUT2D eigenvalue weighted by Gasteiger charge is -2.20. The summed E-state index contributed by atoms with van der Waals surface area (Å²) in [7, 11) is 0. The number of nitrogens with zero attached hydrogens (tertiary/aromatic N) is 4. The minimum absolute atomic E-state index is 0. The average Bonchev–Trinajstić information content (AvgIpc) is 3.36. The van der Waals surface area contributed by atoms with Crippen LogP contribution in [0, 0.1) is 13.8 Å². The normalized spacial score (nSPS) is 16.4. The number of aryl methyl sites for hydroxylation is 2. The predicted octanol–water partition coefficient (Wildman–Crippen LogP) is 3.95. The number of imidazole rings is 1. The lowest BCUT2D eigenvalue weighted by atomic mass is 10.2. The van der Waals surface area contributed by atoms with Gasteiger partial charge >= 0.3 is 0 Å². The Bertz CT molecular complexity index is 1010. The van der Waals surface area contributed by atoms with Crippen molar-refractivity contribution in [3.8, 4) is 0 Å². The van der Waals surface area contributed by atoms with Crippen LogP contribution in [0.25, 0.3) is 5.65 Å². The van der Waals surface area contributed by atoms with Crippen molar-refractivity contribution >= 4 is 41.3 Å². The second-order valence-electron chi connectivity index (χ2n) is 8.08. The second-order valence-corrected chi connectivity index (χ2v) is 8.08. The number of anilines is 1. The van der Waals surface area contributed by atoms with E-state index in [-0.39, 0.29) is 24.0 Å². The highest BCUT2D eigenvalue weighted by molar-refractivity contribution is 14.0. The fourth-order valence-corrected chi connectivity index (χ4v) is 3.99. The zero-order chi connectivity index (χ0) is 20.9. The van der Waals surface area contributed by atoms with Gasteiger partial charge in [0.2, 0.25) is 0 Å². The van der Waals surface area contributed by atoms with E-state index in [2.05, 4.69) is 83.3 Å². The van der Waals surface area contributed by atoms with Crippen LogP contribution < -0.4 is 15.5 Å². The van der Waals surface area contributed by atoms with E-state index in [0.29, 0.717) is 12.6 Å². The predicted molar refractivity (Wildman–Crippen MR) is 140 cm³/mol. The molecule has 0 amide bonds. The number of pyridine rings is 1. The minimum atomic E-state index is 0. The molecule has 0 spiro atoms. The molecule has 3 aromatic rings. The highest BCUT2D eigenvalue weighted by Gasteiger charge is 2.23. The maximum absolute atomic E-state index is 4.80. The molecule has 31 heavy (non-hydrogen) atoms. The van der Waals surface area contributed by atoms with Gasteiger partial charge in [-0.25, -0.2) is 4.98 Å². The Balaban J connectivity index is 0.00000272. The topological polar surface area (TPSA) is 57.0 Å². The standard InChI is InChI=1S/C24H32N6.HI/c1-4-25-24(26-13-11-20-17-30-14-5-6-19(3)23(30)27-20)28-21-12-15-29(16-21)22-9-7-18(2)8-10-22;/h5-10,14,17,21H,4,11-13,15-16H2,1-3H3,(H2,25,26,28);1H. The Kier molecular flexibility index (Phi) is 8.17. The fourth-order valence-electron chi connectivity index (χ4n) is 3.99. The van der Waals surface area contributed by atoms with Gasteiger partial charge in [-0.15, -0.1) is 24.0 Å². The third kappa shape index (κ3) is 5.90. The summed E-state index contributed by atoms with van der Waals surface area (Å²) in [5.74, 6) is 0.896. The number of benzene rings is 1. The molecule has 0 saturated carbocycles. The summed E-state index contributed by atoms with van der Waals surface area (Å²) >= 11 is 0. The number of halogens is 1. The lowest BCUT2D eigenvalue weighted by molar-refractivity contribution is 0.649. The largest absolute Gasteiger partial charge is 0.369 e. The molecule has 3 heterocycles. The second kappa shape index (κ2) is 10.8. The van der Waals surface area contributed by atoms with Crippen LogP contribution in [0.4, 0.5) is 5.69 Å². The molecule has 1 atom stereocenters. The van der Waals surface area contributed by atoms with Crippen LogP contribution in [0.15, 0.2) is 53.8 Å². The van der Waals surface area contributed by atoms with Gasteiger partial charge in [0, 0.05) is 56.7 Å². The van der Waals surface area contributed by atoms with Crippen molar-refractivity contribution < 1.29 is 0 Å². The van der Waals surface area contributed by atoms with Gasteiger partial charge in [-0.1, -0.05) is 23.8 Å². The molecule has 2 N–H and O–H groups in total. The van der Waals surface area contributed by atoms with Crippen molar-refractivity contribution in [2.24, 2.45) is 4.99 Å². The van der Waals surface area contributed by atoms with Crippen LogP contribution in [0.3, 0.4) is 0 Å². The molecular formula is C24H33IN6. The highest BCUT2D eigenvalue weighted by Crippen LogP contribution is 2.20. The number of guanidine groups is 1. The monoisotopic (exact) mass is 532 g/mol. The molecule has 1 saturated heterocycles. The van der Waals surface area contributed by atoms with Crippen LogP contribution in [0.2, 0.25) is 0 Å². The Morgan fingerprint density at radius 3 is 2.74 bits per heavy atom. The van der Waals surface area contributed by atoms with Crippen molar-refractivity contribution in [3.05, 3.63) is 65.6 Å². The Morgan fingerprint density at radius 2 is 2.00 bits per heavy atom. The molecule has 1 aliphatic heterocycles. The lowest BCUT2D eigenvalue weighted by Crippen LogP contribution is -2.44. The average molecular weight is 532 g/mol. The van der Waals surface area contributed by atoms with Gasteiger partial charge in [-0.3, -0.25) is 4.99 Å². The maximum Gasteiger partial charge on any atom is 0.191 e. The molecule has 6 nitrogen and oxygen atoms in total. The van der Waals surface area contributed by atoms with Gasteiger partial charge in [0.05, 0.1) is 5.69 Å². The van der Waals surface area contributed by atoms with Crippen molar-refractivity contribution in [1.82, 2.24) is 20.0 Å². The van der Waals surface area contributed by atoms with Gasteiger partial charge in [0.25, 0.3) is 0 Å². The first-order valence-corrected chi connectivity index (χ1v) is 10.9. The Hall–Kier alpha value is -2.29. The third-order valence-corrected chi connectivity index (χ3v) is 5.64. The molecule has 166 valence electrons. The first-order valence-electron chi connectivity index (χ1n) is 10.9. The van der Waals surface area contributed by atoms with Crippen LogP contribution >= 0.6 is 24.0 Å². The summed E-state index contributed by atoms with van der Waals surface area (Å²) in [6.45, 7) is 9.97. The number of hydrogen-bond donors (Lipinski definition) is 2. The molecule has 7 heteroatoms. The number of hydrogen-bond acceptors (Lipinski definition) is 3. The molecule has 1 fully saturated rings. The SMILES string of the molecule is CCNC(=NCCc1cn2cccc(C)c2n1)NC1CCN(c2ccc(C)cc2)C1.I. The third-order valence-electron chi connectivity index (χ3n) is 5.64. The number of rotatable bonds is 6. The summed E-state index contributed by atoms with van der Waals surface area (Å²) in [4.78, 5) is 12.0. The van der Waals surface area contributed by atoms with Crippen molar-refractivity contribution in [1.29, 1.82) is 0 Å². The molecule has 1 unspecified atom stereocenters. The number of aliphatic imine (C=N–C) groups is 1. The zero-order valence-corrected chi connectivity index (χ0v) is 21.0. The molecule has 2 aromatic heterocycles. The van der Waals surface area contributed by atoms with Crippen LogP contribution in [0.1, 0.15) is 30.2 Å². The van der Waals surface area contributed by atoms with E-state index >= 15 is 0 Å². The van der Waals surface area contributed by atoms with Gasteiger partial charge < -0.3 is 19.9 Å². The van der Waals surface area contributed by atoms with Gasteiger partial charge in [0.15, 0.2) is 5.96 Å². The van der Waals surface area contributed by atoms with E-state index in [1.54, 1.807) is 0 Å². The van der Waals surface area contributed by atoms with Crippen LogP contribution in [-0.4, -0.2) is 47.6 Å². The summed E-state index contributed by atoms with van der Waals surface area (Å²) < 4.78 is 2.09. The van der Waals surface area contributed by atoms with Gasteiger partial charge in [-0.05, 0) is 51.0 Å². The van der Waals surface area contributed by atoms with E-state index in [0.717, 1.165) is 49.8 Å². The quantitative estimate of drug-likeness (QED) is 0.287. The van der Waals surface area contributed by atoms with Gasteiger partial charge in [-0.2, -0.15) is 0 Å². The summed E-state index contributed by atoms with van der Waals surface area (Å²) in [6, 6.07) is 13.4. The smallest absolute Gasteiger partial charge is 0.191 e. The summed E-state index contributed by atoms with van der Waals surface area (Å²) in [5, 5.41) is 7.01. The van der Waals surface area contributed by atoms with E-state index in [1.165, 1.54) is 16.8 Å². The van der Waals surface area contributed by atoms with E-state index < -0.39 is 0 Å². The molecule has 0 bridgehead atoms. The highest BCUT2D eigenvalue weighted by atomic mass is 127. The van der Waals surface area contributed by atoms with Crippen molar-refractivity contribution in [2.75, 3.05) is 31.1 Å². The van der Waals surface area contributed by atoms with E-state index in [4.69, 9.17) is 9.98 Å². The molecule has 1 aliphatic rings. The summed E-state index contributed by atoms with van der Waals surface area (Å²) in [6.07, 6.45) is 6.10. The maximum atomic E-state index is 4.80. The van der Waals surface area contributed by atoms with Crippen molar-refractivity contribution in [2.45, 2.75) is 39.7 Å². The number of nitrogens with one attached hydrogen (secondary N) is 2. The van der Waals surface area contributed by atoms with Crippen molar-refractivity contribution in [3.63, 3.8) is 0 Å². The summed E-state index contributed by atoms with van der Waals surface area (Å²) in [5.41, 5.74) is 5.91. The molecule has 0 radical (unpaired) electrons. The number of fused-ring (bicyclic) bond motifs is 1. The zero-order valence-electron chi connectivity index (χ0n) is 18.6. The minimum Gasteiger partial charge on any atom is -0.369 e. The number of aromatic nitrogens is 2. The van der Waals surface area contributed by atoms with Crippen LogP contribution in [-0.2, 0) is 6.42 Å². The first kappa shape index (κ1) is 23.4. The van der Waals surface area contributed by atoms with Gasteiger partial charge in [0.1, 0.15) is 5.65 Å². The van der Waals surface area contributed by atoms with E-state index in [9.17, 15) is 0 Å².